The number of anilines is 1. The van der Waals surface area contributed by atoms with Crippen LogP contribution < -0.4 is 10.1 Å². The summed E-state index contributed by atoms with van der Waals surface area (Å²) in [5.41, 5.74) is 0.715. The lowest BCUT2D eigenvalue weighted by molar-refractivity contribution is -0.123. The molecule has 132 valence electrons. The molecule has 0 fully saturated rings. The molecule has 1 N–H and O–H groups in total. The minimum absolute atomic E-state index is 0.145. The van der Waals surface area contributed by atoms with E-state index in [2.05, 4.69) is 5.32 Å². The minimum atomic E-state index is -0.995. The zero-order chi connectivity index (χ0) is 18.4. The van der Waals surface area contributed by atoms with Gasteiger partial charge in [0.1, 0.15) is 5.75 Å². The van der Waals surface area contributed by atoms with Gasteiger partial charge in [0.15, 0.2) is 6.10 Å². The van der Waals surface area contributed by atoms with E-state index in [1.54, 1.807) is 24.3 Å². The molecule has 1 atom stereocenters. The van der Waals surface area contributed by atoms with E-state index in [0.29, 0.717) is 23.1 Å². The number of ether oxygens (including phenoxy) is 2. The molecule has 0 radical (unpaired) electrons. The largest absolute Gasteiger partial charge is 0.494 e. The molecule has 0 aliphatic heterocycles. The van der Waals surface area contributed by atoms with Crippen LogP contribution in [0.3, 0.4) is 0 Å². The number of hydrogen-bond acceptors (Lipinski definition) is 4. The SMILES string of the molecule is CCOc1ccc(NC(=O)[C@H](C)OC(=O)c2ccc(Cl)cc2Cl)cc1. The Labute approximate surface area is 155 Å². The van der Waals surface area contributed by atoms with Crippen LogP contribution in [0.25, 0.3) is 0 Å². The van der Waals surface area contributed by atoms with Crippen LogP contribution in [0.2, 0.25) is 10.0 Å². The van der Waals surface area contributed by atoms with Gasteiger partial charge in [-0.05, 0) is 56.3 Å². The second-order valence-electron chi connectivity index (χ2n) is 5.12. The molecule has 2 rings (SSSR count). The van der Waals surface area contributed by atoms with Crippen LogP contribution in [0.15, 0.2) is 42.5 Å². The summed E-state index contributed by atoms with van der Waals surface area (Å²) in [6.45, 7) is 3.93. The number of hydrogen-bond donors (Lipinski definition) is 1. The van der Waals surface area contributed by atoms with E-state index in [1.807, 2.05) is 6.92 Å². The predicted octanol–water partition coefficient (Wildman–Crippen LogP) is 4.58. The number of rotatable bonds is 6. The maximum atomic E-state index is 12.2. The fraction of sp³-hybridized carbons (Fsp3) is 0.222. The Morgan fingerprint density at radius 2 is 1.80 bits per heavy atom. The van der Waals surface area contributed by atoms with Crippen molar-refractivity contribution < 1.29 is 19.1 Å². The van der Waals surface area contributed by atoms with Gasteiger partial charge < -0.3 is 14.8 Å². The van der Waals surface area contributed by atoms with Crippen LogP contribution in [-0.4, -0.2) is 24.6 Å². The third kappa shape index (κ3) is 5.37. The molecular weight excluding hydrogens is 365 g/mol. The summed E-state index contributed by atoms with van der Waals surface area (Å²) in [5.74, 6) is -0.448. The Kier molecular flexibility index (Phi) is 6.67. The van der Waals surface area contributed by atoms with Crippen molar-refractivity contribution in [3.05, 3.63) is 58.1 Å². The van der Waals surface area contributed by atoms with E-state index >= 15 is 0 Å². The zero-order valence-electron chi connectivity index (χ0n) is 13.7. The van der Waals surface area contributed by atoms with Crippen molar-refractivity contribution in [2.45, 2.75) is 20.0 Å². The van der Waals surface area contributed by atoms with Gasteiger partial charge in [0, 0.05) is 10.7 Å². The topological polar surface area (TPSA) is 64.6 Å². The Balaban J connectivity index is 1.96. The number of benzene rings is 2. The van der Waals surface area contributed by atoms with Crippen molar-refractivity contribution in [3.8, 4) is 5.75 Å². The third-order valence-corrected chi connectivity index (χ3v) is 3.78. The van der Waals surface area contributed by atoms with Gasteiger partial charge in [-0.2, -0.15) is 0 Å². The summed E-state index contributed by atoms with van der Waals surface area (Å²) in [5, 5.41) is 3.23. The normalized spacial score (nSPS) is 11.5. The highest BCUT2D eigenvalue weighted by Crippen LogP contribution is 2.22. The Morgan fingerprint density at radius 3 is 2.40 bits per heavy atom. The Hall–Kier alpha value is -2.24. The van der Waals surface area contributed by atoms with Gasteiger partial charge in [0.2, 0.25) is 0 Å². The first-order chi connectivity index (χ1) is 11.9. The van der Waals surface area contributed by atoms with Crippen LogP contribution in [-0.2, 0) is 9.53 Å². The smallest absolute Gasteiger partial charge is 0.340 e. The Morgan fingerprint density at radius 1 is 1.12 bits per heavy atom. The van der Waals surface area contributed by atoms with Crippen LogP contribution in [0.4, 0.5) is 5.69 Å². The van der Waals surface area contributed by atoms with Crippen molar-refractivity contribution >= 4 is 40.8 Å². The molecule has 0 saturated heterocycles. The molecule has 0 aromatic heterocycles. The van der Waals surface area contributed by atoms with Gasteiger partial charge in [0.05, 0.1) is 17.2 Å². The van der Waals surface area contributed by atoms with E-state index in [1.165, 1.54) is 25.1 Å². The molecule has 1 amide bonds. The molecule has 0 unspecified atom stereocenters. The number of carbonyl (C=O) groups excluding carboxylic acids is 2. The fourth-order valence-electron chi connectivity index (χ4n) is 1.98. The van der Waals surface area contributed by atoms with Crippen molar-refractivity contribution in [3.63, 3.8) is 0 Å². The maximum Gasteiger partial charge on any atom is 0.340 e. The van der Waals surface area contributed by atoms with Gasteiger partial charge in [-0.25, -0.2) is 4.79 Å². The van der Waals surface area contributed by atoms with Crippen molar-refractivity contribution in [2.75, 3.05) is 11.9 Å². The molecule has 0 heterocycles. The summed E-state index contributed by atoms with van der Waals surface area (Å²) in [6, 6.07) is 11.3. The third-order valence-electron chi connectivity index (χ3n) is 3.24. The number of carbonyl (C=O) groups is 2. The molecule has 7 heteroatoms. The quantitative estimate of drug-likeness (QED) is 0.743. The van der Waals surface area contributed by atoms with Crippen LogP contribution >= 0.6 is 23.2 Å². The van der Waals surface area contributed by atoms with E-state index < -0.39 is 18.0 Å². The number of halogens is 2. The fourth-order valence-corrected chi connectivity index (χ4v) is 2.46. The average molecular weight is 382 g/mol. The van der Waals surface area contributed by atoms with Crippen LogP contribution in [0, 0.1) is 0 Å². The first-order valence-corrected chi connectivity index (χ1v) is 8.36. The van der Waals surface area contributed by atoms with Crippen molar-refractivity contribution in [1.29, 1.82) is 0 Å². The Bertz CT molecular complexity index is 762. The molecule has 25 heavy (non-hydrogen) atoms. The van der Waals surface area contributed by atoms with Gasteiger partial charge in [-0.3, -0.25) is 4.79 Å². The first kappa shape index (κ1) is 19.1. The number of nitrogens with one attached hydrogen (secondary N) is 1. The lowest BCUT2D eigenvalue weighted by Crippen LogP contribution is -2.30. The van der Waals surface area contributed by atoms with E-state index in [0.717, 1.165) is 0 Å². The summed E-state index contributed by atoms with van der Waals surface area (Å²) in [6.07, 6.45) is -0.995. The monoisotopic (exact) mass is 381 g/mol. The van der Waals surface area contributed by atoms with Crippen molar-refractivity contribution in [1.82, 2.24) is 0 Å². The van der Waals surface area contributed by atoms with Crippen LogP contribution in [0.1, 0.15) is 24.2 Å². The molecule has 0 aliphatic rings. The van der Waals surface area contributed by atoms with Gasteiger partial charge in [0.25, 0.3) is 5.91 Å². The summed E-state index contributed by atoms with van der Waals surface area (Å²) < 4.78 is 10.5. The number of esters is 1. The molecule has 0 saturated carbocycles. The van der Waals surface area contributed by atoms with Crippen LogP contribution in [0.5, 0.6) is 5.75 Å². The summed E-state index contributed by atoms with van der Waals surface area (Å²) >= 11 is 11.7. The van der Waals surface area contributed by atoms with Gasteiger partial charge in [-0.15, -0.1) is 0 Å². The molecule has 2 aromatic carbocycles. The molecule has 0 bridgehead atoms. The second-order valence-corrected chi connectivity index (χ2v) is 5.96. The summed E-state index contributed by atoms with van der Waals surface area (Å²) in [7, 11) is 0. The molecule has 2 aromatic rings. The van der Waals surface area contributed by atoms with E-state index in [4.69, 9.17) is 32.7 Å². The standard InChI is InChI=1S/C18H17Cl2NO4/c1-3-24-14-7-5-13(6-8-14)21-17(22)11(2)25-18(23)15-9-4-12(19)10-16(15)20/h4-11H,3H2,1-2H3,(H,21,22)/t11-/m0/s1. The highest BCUT2D eigenvalue weighted by atomic mass is 35.5. The van der Waals surface area contributed by atoms with Crippen molar-refractivity contribution in [2.24, 2.45) is 0 Å². The average Bonchev–Trinajstić information content (AvgIpc) is 2.56. The number of amides is 1. The predicted molar refractivity (Wildman–Crippen MR) is 97.6 cm³/mol. The maximum absolute atomic E-state index is 12.2. The molecular formula is C18H17Cl2NO4. The first-order valence-electron chi connectivity index (χ1n) is 7.60. The highest BCUT2D eigenvalue weighted by Gasteiger charge is 2.20. The molecule has 0 aliphatic carbocycles. The lowest BCUT2D eigenvalue weighted by Gasteiger charge is -2.14. The van der Waals surface area contributed by atoms with E-state index in [-0.39, 0.29) is 10.6 Å². The van der Waals surface area contributed by atoms with Gasteiger partial charge >= 0.3 is 5.97 Å². The second kappa shape index (κ2) is 8.74. The summed E-state index contributed by atoms with van der Waals surface area (Å²) in [4.78, 5) is 24.3. The lowest BCUT2D eigenvalue weighted by atomic mass is 10.2. The molecule has 0 spiro atoms. The zero-order valence-corrected chi connectivity index (χ0v) is 15.2. The highest BCUT2D eigenvalue weighted by molar-refractivity contribution is 6.36. The molecule has 5 nitrogen and oxygen atoms in total. The van der Waals surface area contributed by atoms with E-state index in [9.17, 15) is 9.59 Å². The minimum Gasteiger partial charge on any atom is -0.494 e. The van der Waals surface area contributed by atoms with Gasteiger partial charge in [-0.1, -0.05) is 23.2 Å².